The quantitative estimate of drug-likeness (QED) is 0.491. The Morgan fingerprint density at radius 2 is 1.67 bits per heavy atom. The summed E-state index contributed by atoms with van der Waals surface area (Å²) in [6.45, 7) is 0. The molecule has 0 saturated carbocycles. The van der Waals surface area contributed by atoms with E-state index in [0.29, 0.717) is 0 Å². The summed E-state index contributed by atoms with van der Waals surface area (Å²) in [5.41, 5.74) is 2.12. The van der Waals surface area contributed by atoms with Crippen molar-refractivity contribution >= 4 is 33.1 Å². The number of benzene rings is 1. The maximum Gasteiger partial charge on any atom is 0.0878 e. The molecule has 0 aliphatic carbocycles. The van der Waals surface area contributed by atoms with Gasteiger partial charge in [-0.25, -0.2) is 0 Å². The Balaban J connectivity index is 0.000000111. The Morgan fingerprint density at radius 1 is 0.889 bits per heavy atom. The van der Waals surface area contributed by atoms with Crippen molar-refractivity contribution in [3.63, 3.8) is 0 Å². The van der Waals surface area contributed by atoms with Crippen LogP contribution in [0.15, 0.2) is 65.6 Å². The molecule has 3 heterocycles. The van der Waals surface area contributed by atoms with Gasteiger partial charge in [-0.2, -0.15) is 11.3 Å². The first kappa shape index (κ1) is 11.0. The molecule has 0 atom stereocenters. The van der Waals surface area contributed by atoms with E-state index in [-0.39, 0.29) is 0 Å². The average molecular weight is 252 g/mol. The van der Waals surface area contributed by atoms with E-state index in [1.807, 2.05) is 24.4 Å². The lowest BCUT2D eigenvalue weighted by Crippen LogP contribution is -1.68. The fourth-order valence-corrected chi connectivity index (χ4v) is 2.58. The highest BCUT2D eigenvalue weighted by molar-refractivity contribution is 7.09. The highest BCUT2D eigenvalue weighted by atomic mass is 32.1. The number of thiophene rings is 1. The molecule has 1 aromatic carbocycles. The molecule has 88 valence electrons. The van der Waals surface area contributed by atoms with Crippen molar-refractivity contribution in [1.29, 1.82) is 0 Å². The van der Waals surface area contributed by atoms with Crippen molar-refractivity contribution in [2.75, 3.05) is 0 Å². The molecular formula is C15H12N2S. The van der Waals surface area contributed by atoms with Gasteiger partial charge in [0.25, 0.3) is 0 Å². The molecule has 4 rings (SSSR count). The van der Waals surface area contributed by atoms with Crippen LogP contribution >= 0.6 is 11.3 Å². The molecule has 18 heavy (non-hydrogen) atoms. The first-order chi connectivity index (χ1) is 8.93. The van der Waals surface area contributed by atoms with Crippen molar-refractivity contribution in [3.05, 3.63) is 65.6 Å². The molecule has 4 aromatic rings. The molecule has 0 aliphatic rings. The van der Waals surface area contributed by atoms with Gasteiger partial charge in [-0.1, -0.05) is 24.3 Å². The standard InChI is InChI=1S/C8H6S.C7H6N2/c1-2-4-8-6-9-5-7(8)3-1;1-2-6-7(8-4-1)3-5-9-6/h1-6H;1-5,9H. The van der Waals surface area contributed by atoms with E-state index in [1.165, 1.54) is 10.8 Å². The highest BCUT2D eigenvalue weighted by Crippen LogP contribution is 2.17. The van der Waals surface area contributed by atoms with Gasteiger partial charge in [-0.15, -0.1) is 0 Å². The van der Waals surface area contributed by atoms with Crippen LogP contribution in [0.1, 0.15) is 0 Å². The minimum absolute atomic E-state index is 1.03. The molecule has 0 fully saturated rings. The second-order valence-electron chi connectivity index (χ2n) is 3.91. The van der Waals surface area contributed by atoms with Gasteiger partial charge in [-0.05, 0) is 39.7 Å². The monoisotopic (exact) mass is 252 g/mol. The fraction of sp³-hybridized carbons (Fsp3) is 0. The Hall–Kier alpha value is -2.13. The van der Waals surface area contributed by atoms with Crippen molar-refractivity contribution in [2.24, 2.45) is 0 Å². The van der Waals surface area contributed by atoms with Crippen molar-refractivity contribution in [1.82, 2.24) is 9.97 Å². The van der Waals surface area contributed by atoms with Gasteiger partial charge in [0, 0.05) is 12.4 Å². The van der Waals surface area contributed by atoms with E-state index in [0.717, 1.165) is 11.0 Å². The van der Waals surface area contributed by atoms with E-state index >= 15 is 0 Å². The normalized spacial score (nSPS) is 10.2. The Kier molecular flexibility index (Phi) is 3.07. The van der Waals surface area contributed by atoms with Gasteiger partial charge in [0.05, 0.1) is 11.0 Å². The fourth-order valence-electron chi connectivity index (χ4n) is 1.79. The number of aromatic nitrogens is 2. The summed E-state index contributed by atoms with van der Waals surface area (Å²) in [6.07, 6.45) is 3.67. The van der Waals surface area contributed by atoms with Crippen LogP contribution in [0.5, 0.6) is 0 Å². The molecule has 0 amide bonds. The number of nitrogens with zero attached hydrogens (tertiary/aromatic N) is 1. The molecule has 3 aromatic heterocycles. The van der Waals surface area contributed by atoms with Crippen molar-refractivity contribution in [2.45, 2.75) is 0 Å². The lowest BCUT2D eigenvalue weighted by Gasteiger charge is -1.82. The summed E-state index contributed by atoms with van der Waals surface area (Å²) in [5, 5.41) is 7.02. The molecule has 0 aliphatic heterocycles. The summed E-state index contributed by atoms with van der Waals surface area (Å²) >= 11 is 1.75. The second kappa shape index (κ2) is 5.02. The van der Waals surface area contributed by atoms with Gasteiger partial charge in [0.15, 0.2) is 0 Å². The number of H-pyrrole nitrogens is 1. The largest absolute Gasteiger partial charge is 0.360 e. The number of hydrogen-bond donors (Lipinski definition) is 1. The van der Waals surface area contributed by atoms with E-state index in [2.05, 4.69) is 45.0 Å². The van der Waals surface area contributed by atoms with Crippen LogP contribution in [-0.4, -0.2) is 9.97 Å². The van der Waals surface area contributed by atoms with Crippen LogP contribution in [0.4, 0.5) is 0 Å². The predicted molar refractivity (Wildman–Crippen MR) is 77.9 cm³/mol. The van der Waals surface area contributed by atoms with E-state index in [1.54, 1.807) is 17.5 Å². The molecule has 0 unspecified atom stereocenters. The first-order valence-corrected chi connectivity index (χ1v) is 6.67. The maximum absolute atomic E-state index is 4.11. The molecule has 2 nitrogen and oxygen atoms in total. The first-order valence-electron chi connectivity index (χ1n) is 5.72. The zero-order chi connectivity index (χ0) is 12.2. The maximum atomic E-state index is 4.11. The van der Waals surface area contributed by atoms with Gasteiger partial charge >= 0.3 is 0 Å². The molecule has 0 spiro atoms. The number of fused-ring (bicyclic) bond motifs is 2. The summed E-state index contributed by atoms with van der Waals surface area (Å²) in [6, 6.07) is 14.3. The minimum atomic E-state index is 1.03. The number of rotatable bonds is 0. The van der Waals surface area contributed by atoms with E-state index in [4.69, 9.17) is 0 Å². The van der Waals surface area contributed by atoms with E-state index < -0.39 is 0 Å². The zero-order valence-electron chi connectivity index (χ0n) is 9.71. The van der Waals surface area contributed by atoms with Gasteiger partial charge in [0.1, 0.15) is 0 Å². The van der Waals surface area contributed by atoms with Crippen molar-refractivity contribution < 1.29 is 0 Å². The summed E-state index contributed by atoms with van der Waals surface area (Å²) in [5.74, 6) is 0. The number of pyridine rings is 1. The molecule has 0 saturated heterocycles. The smallest absolute Gasteiger partial charge is 0.0878 e. The topological polar surface area (TPSA) is 28.7 Å². The van der Waals surface area contributed by atoms with Crippen LogP contribution in [-0.2, 0) is 0 Å². The lowest BCUT2D eigenvalue weighted by molar-refractivity contribution is 1.41. The Morgan fingerprint density at radius 3 is 2.39 bits per heavy atom. The van der Waals surface area contributed by atoms with Gasteiger partial charge in [0.2, 0.25) is 0 Å². The van der Waals surface area contributed by atoms with Gasteiger partial charge in [-0.3, -0.25) is 4.98 Å². The lowest BCUT2D eigenvalue weighted by atomic mass is 10.2. The third kappa shape index (κ3) is 2.26. The second-order valence-corrected chi connectivity index (χ2v) is 4.66. The SMILES string of the molecule is c1ccc2cscc2c1.c1cnc2cc[nH]c2c1. The number of hydrogen-bond acceptors (Lipinski definition) is 2. The molecule has 0 bridgehead atoms. The molecular weight excluding hydrogens is 240 g/mol. The highest BCUT2D eigenvalue weighted by Gasteiger charge is 1.88. The third-order valence-corrected chi connectivity index (χ3v) is 3.48. The van der Waals surface area contributed by atoms with Crippen LogP contribution in [0, 0.1) is 0 Å². The van der Waals surface area contributed by atoms with Crippen LogP contribution in [0.3, 0.4) is 0 Å². The average Bonchev–Trinajstić information content (AvgIpc) is 3.08. The summed E-state index contributed by atoms with van der Waals surface area (Å²) in [7, 11) is 0. The predicted octanol–water partition coefficient (Wildman–Crippen LogP) is 4.46. The Labute approximate surface area is 109 Å². The molecule has 3 heteroatoms. The van der Waals surface area contributed by atoms with Crippen LogP contribution < -0.4 is 0 Å². The number of nitrogens with one attached hydrogen (secondary N) is 1. The zero-order valence-corrected chi connectivity index (χ0v) is 10.5. The van der Waals surface area contributed by atoms with Crippen LogP contribution in [0.2, 0.25) is 0 Å². The van der Waals surface area contributed by atoms with Crippen LogP contribution in [0.25, 0.3) is 21.8 Å². The van der Waals surface area contributed by atoms with E-state index in [9.17, 15) is 0 Å². The van der Waals surface area contributed by atoms with Gasteiger partial charge < -0.3 is 4.98 Å². The minimum Gasteiger partial charge on any atom is -0.360 e. The van der Waals surface area contributed by atoms with Crippen molar-refractivity contribution in [3.8, 4) is 0 Å². The summed E-state index contributed by atoms with van der Waals surface area (Å²) < 4.78 is 0. The number of aromatic amines is 1. The summed E-state index contributed by atoms with van der Waals surface area (Å²) in [4.78, 5) is 7.17. The third-order valence-electron chi connectivity index (χ3n) is 2.70. The molecule has 0 radical (unpaired) electrons. The Bertz CT molecular complexity index is 628. The molecule has 1 N–H and O–H groups in total.